The fourth-order valence-corrected chi connectivity index (χ4v) is 1.57. The van der Waals surface area contributed by atoms with Gasteiger partial charge in [0.1, 0.15) is 0 Å². The molecule has 4 rings (SSSR count). The average molecular weight is 221 g/mol. The van der Waals surface area contributed by atoms with Crippen molar-refractivity contribution in [2.45, 2.75) is 32.4 Å². The lowest BCUT2D eigenvalue weighted by atomic mass is 10.5. The monoisotopic (exact) mass is 221 g/mol. The van der Waals surface area contributed by atoms with E-state index < -0.39 is 19.1 Å². The summed E-state index contributed by atoms with van der Waals surface area (Å²) in [6.07, 6.45) is -0.967. The summed E-state index contributed by atoms with van der Waals surface area (Å²) in [6.45, 7) is 2.57. The lowest BCUT2D eigenvalue weighted by Crippen LogP contribution is -2.84. The van der Waals surface area contributed by atoms with E-state index in [-0.39, 0.29) is 0 Å². The van der Waals surface area contributed by atoms with E-state index in [1.54, 1.807) is 0 Å². The molecule has 4 aliphatic heterocycles. The summed E-state index contributed by atoms with van der Waals surface area (Å²) < 4.78 is 5.45. The first kappa shape index (κ1) is 9.84. The van der Waals surface area contributed by atoms with Crippen molar-refractivity contribution < 1.29 is 29.7 Å². The maximum atomic E-state index is 8.68. The van der Waals surface area contributed by atoms with Crippen LogP contribution in [0.15, 0.2) is 0 Å². The smallest absolute Gasteiger partial charge is 0.259 e. The second kappa shape index (κ2) is 3.59. The molecular weight excluding hydrogens is 210 g/mol. The van der Waals surface area contributed by atoms with Gasteiger partial charge in [-0.2, -0.15) is 14.7 Å². The van der Waals surface area contributed by atoms with Crippen LogP contribution in [-0.4, -0.2) is 46.1 Å². The van der Waals surface area contributed by atoms with Crippen molar-refractivity contribution in [3.63, 3.8) is 0 Å². The highest BCUT2D eigenvalue weighted by molar-refractivity contribution is 4.74. The number of ether oxygens (including phenoxy) is 1. The Morgan fingerprint density at radius 1 is 1.27 bits per heavy atom. The lowest BCUT2D eigenvalue weighted by molar-refractivity contribution is -0.781. The first-order valence-corrected chi connectivity index (χ1v) is 4.65. The molecule has 0 spiro atoms. The Labute approximate surface area is 84.9 Å². The Balaban J connectivity index is 1.68. The van der Waals surface area contributed by atoms with Crippen molar-refractivity contribution in [2.75, 3.05) is 6.61 Å². The molecule has 4 heterocycles. The average Bonchev–Trinajstić information content (AvgIpc) is 2.18. The van der Waals surface area contributed by atoms with E-state index in [2.05, 4.69) is 9.88 Å². The molecule has 0 saturated carbocycles. The Morgan fingerprint density at radius 2 is 2.13 bits per heavy atom. The van der Waals surface area contributed by atoms with Gasteiger partial charge in [0.15, 0.2) is 0 Å². The van der Waals surface area contributed by atoms with Crippen molar-refractivity contribution >= 4 is 0 Å². The van der Waals surface area contributed by atoms with Crippen molar-refractivity contribution in [1.29, 1.82) is 0 Å². The van der Waals surface area contributed by atoms with Crippen molar-refractivity contribution in [1.82, 2.24) is 15.2 Å². The fraction of sp³-hybridized carbons (Fsp3) is 1.00. The molecule has 0 amide bonds. The van der Waals surface area contributed by atoms with Gasteiger partial charge in [-0.15, -0.1) is 4.99 Å². The van der Waals surface area contributed by atoms with Gasteiger partial charge in [0.05, 0.1) is 0 Å². The van der Waals surface area contributed by atoms with Gasteiger partial charge in [0.2, 0.25) is 6.35 Å². The van der Waals surface area contributed by atoms with Gasteiger partial charge in [0, 0.05) is 6.61 Å². The van der Waals surface area contributed by atoms with Gasteiger partial charge in [0.25, 0.3) is 12.7 Å². The minimum atomic E-state index is -0.879. The van der Waals surface area contributed by atoms with Crippen molar-refractivity contribution in [3.8, 4) is 0 Å². The summed E-state index contributed by atoms with van der Waals surface area (Å²) in [5, 5.41) is 12.7. The van der Waals surface area contributed by atoms with Crippen LogP contribution in [0.1, 0.15) is 13.3 Å². The van der Waals surface area contributed by atoms with E-state index in [0.29, 0.717) is 6.61 Å². The molecule has 0 aliphatic carbocycles. The van der Waals surface area contributed by atoms with Crippen LogP contribution in [0.2, 0.25) is 0 Å². The van der Waals surface area contributed by atoms with Gasteiger partial charge >= 0.3 is 0 Å². The Hall–Kier alpha value is -0.360. The minimum Gasteiger partial charge on any atom is -0.346 e. The molecule has 2 bridgehead atoms. The Morgan fingerprint density at radius 3 is 2.73 bits per heavy atom. The first-order chi connectivity index (χ1) is 7.36. The maximum absolute atomic E-state index is 8.68. The summed E-state index contributed by atoms with van der Waals surface area (Å²) in [4.78, 5) is 18.7. The van der Waals surface area contributed by atoms with Crippen LogP contribution in [0.3, 0.4) is 0 Å². The third-order valence-corrected chi connectivity index (χ3v) is 2.28. The van der Waals surface area contributed by atoms with Crippen molar-refractivity contribution in [3.05, 3.63) is 0 Å². The van der Waals surface area contributed by atoms with E-state index in [1.807, 2.05) is 6.92 Å². The third-order valence-electron chi connectivity index (χ3n) is 2.28. The second-order valence-corrected chi connectivity index (χ2v) is 3.29. The molecule has 9 nitrogen and oxygen atoms in total. The molecule has 9 heteroatoms. The number of rotatable bonds is 4. The highest BCUT2D eigenvalue weighted by Crippen LogP contribution is 2.41. The van der Waals surface area contributed by atoms with Crippen molar-refractivity contribution in [2.24, 2.45) is 0 Å². The largest absolute Gasteiger partial charge is 0.346 e. The third kappa shape index (κ3) is 1.24. The molecular formula is C6H11N3O6. The van der Waals surface area contributed by atoms with Crippen LogP contribution in [0.5, 0.6) is 0 Å². The molecule has 4 saturated heterocycles. The second-order valence-electron chi connectivity index (χ2n) is 3.29. The van der Waals surface area contributed by atoms with Crippen LogP contribution in [-0.2, 0) is 24.4 Å². The summed E-state index contributed by atoms with van der Waals surface area (Å²) >= 11 is 0. The zero-order chi connectivity index (χ0) is 10.4. The SMILES string of the molecule is CCCOC1N2ON1C1OON1C2OO. The predicted molar refractivity (Wildman–Crippen MR) is 40.1 cm³/mol. The van der Waals surface area contributed by atoms with Crippen LogP contribution >= 0.6 is 0 Å². The normalized spacial score (nSPS) is 48.0. The molecule has 0 aromatic rings. The minimum absolute atomic E-state index is 0.424. The van der Waals surface area contributed by atoms with E-state index in [4.69, 9.17) is 19.8 Å². The van der Waals surface area contributed by atoms with Gasteiger partial charge in [-0.1, -0.05) is 22.1 Å². The first-order valence-electron chi connectivity index (χ1n) is 4.65. The number of hydrogen-bond donors (Lipinski definition) is 1. The van der Waals surface area contributed by atoms with E-state index in [9.17, 15) is 0 Å². The summed E-state index contributed by atoms with van der Waals surface area (Å²) in [6, 6.07) is 0. The molecule has 0 aromatic heterocycles. The van der Waals surface area contributed by atoms with Gasteiger partial charge in [-0.3, -0.25) is 0 Å². The molecule has 86 valence electrons. The van der Waals surface area contributed by atoms with Gasteiger partial charge < -0.3 is 4.74 Å². The predicted octanol–water partition coefficient (Wildman–Crippen LogP) is -0.590. The molecule has 0 radical (unpaired) electrons. The Bertz CT molecular complexity index is 255. The number of hydrogen-bond acceptors (Lipinski definition) is 9. The van der Waals surface area contributed by atoms with E-state index >= 15 is 0 Å². The topological polar surface area (TPSA) is 76.1 Å². The summed E-state index contributed by atoms with van der Waals surface area (Å²) in [5.41, 5.74) is 0. The molecule has 4 aliphatic rings. The lowest BCUT2D eigenvalue weighted by Gasteiger charge is -2.61. The summed E-state index contributed by atoms with van der Waals surface area (Å²) in [7, 11) is 0. The van der Waals surface area contributed by atoms with Gasteiger partial charge in [-0.25, -0.2) is 5.26 Å². The fourth-order valence-electron chi connectivity index (χ4n) is 1.57. The highest BCUT2D eigenvalue weighted by atomic mass is 17.4. The van der Waals surface area contributed by atoms with Crippen LogP contribution < -0.4 is 0 Å². The van der Waals surface area contributed by atoms with Crippen LogP contribution in [0, 0.1) is 0 Å². The molecule has 15 heavy (non-hydrogen) atoms. The van der Waals surface area contributed by atoms with Crippen LogP contribution in [0.4, 0.5) is 0 Å². The molecule has 0 aromatic carbocycles. The van der Waals surface area contributed by atoms with E-state index in [0.717, 1.165) is 6.42 Å². The number of nitrogens with zero attached hydrogens (tertiary/aromatic N) is 3. The van der Waals surface area contributed by atoms with E-state index in [1.165, 1.54) is 15.2 Å². The van der Waals surface area contributed by atoms with Crippen LogP contribution in [0.25, 0.3) is 0 Å². The standard InChI is InChI=1S/C6H11N3O6/c1-2-3-11-4-7-5(12-10)9-6(13-15-9)8(4)14-7/h4-6,10H,2-3H2,1H3. The quantitative estimate of drug-likeness (QED) is 0.495. The van der Waals surface area contributed by atoms with Gasteiger partial charge in [-0.05, 0) is 6.42 Å². The maximum Gasteiger partial charge on any atom is 0.259 e. The number of hydroxylamine groups is 6. The highest BCUT2D eigenvalue weighted by Gasteiger charge is 2.65. The summed E-state index contributed by atoms with van der Waals surface area (Å²) in [5.74, 6) is 0. The molecule has 1 N–H and O–H groups in total. The molecule has 5 atom stereocenters. The Kier molecular flexibility index (Phi) is 2.35. The molecule has 4 fully saturated rings. The zero-order valence-electron chi connectivity index (χ0n) is 7.98. The zero-order valence-corrected chi connectivity index (χ0v) is 7.98. The molecule has 5 unspecified atom stereocenters.